The predicted molar refractivity (Wildman–Crippen MR) is 70.8 cm³/mol. The second-order valence-electron chi connectivity index (χ2n) is 4.30. The van der Waals surface area contributed by atoms with Gasteiger partial charge in [0.1, 0.15) is 5.76 Å². The Bertz CT molecular complexity index is 723. The molecule has 0 spiro atoms. The van der Waals surface area contributed by atoms with Crippen LogP contribution in [0.4, 0.5) is 0 Å². The molecular formula is C16H12O2. The van der Waals surface area contributed by atoms with Gasteiger partial charge in [0.15, 0.2) is 5.76 Å². The fraction of sp³-hybridized carbons (Fsp3) is 0.0625. The van der Waals surface area contributed by atoms with Crippen LogP contribution >= 0.6 is 0 Å². The van der Waals surface area contributed by atoms with Crippen molar-refractivity contribution in [3.8, 4) is 0 Å². The molecule has 3 rings (SSSR count). The van der Waals surface area contributed by atoms with Gasteiger partial charge in [-0.2, -0.15) is 0 Å². The molecule has 0 atom stereocenters. The number of furan rings is 1. The third kappa shape index (κ3) is 1.82. The van der Waals surface area contributed by atoms with E-state index in [-0.39, 0.29) is 5.78 Å². The molecule has 0 saturated carbocycles. The molecule has 0 radical (unpaired) electrons. The maximum atomic E-state index is 12.2. The standard InChI is InChI=1S/C16H12O2/c1-11-6-9-15(18-11)16(17)14-8-7-12-4-2-3-5-13(12)10-14/h2-10H,1H3. The Morgan fingerprint density at radius 2 is 1.72 bits per heavy atom. The number of ketones is 1. The minimum absolute atomic E-state index is 0.0751. The van der Waals surface area contributed by atoms with Crippen LogP contribution in [-0.4, -0.2) is 5.78 Å². The molecule has 0 unspecified atom stereocenters. The third-order valence-electron chi connectivity index (χ3n) is 2.98. The van der Waals surface area contributed by atoms with Crippen molar-refractivity contribution in [2.24, 2.45) is 0 Å². The van der Waals surface area contributed by atoms with Gasteiger partial charge in [0, 0.05) is 5.56 Å². The third-order valence-corrected chi connectivity index (χ3v) is 2.98. The quantitative estimate of drug-likeness (QED) is 0.630. The monoisotopic (exact) mass is 236 g/mol. The van der Waals surface area contributed by atoms with E-state index in [0.717, 1.165) is 16.5 Å². The van der Waals surface area contributed by atoms with Crippen molar-refractivity contribution < 1.29 is 9.21 Å². The van der Waals surface area contributed by atoms with E-state index in [1.54, 1.807) is 12.1 Å². The van der Waals surface area contributed by atoms with Gasteiger partial charge in [0.05, 0.1) is 0 Å². The summed E-state index contributed by atoms with van der Waals surface area (Å²) in [5.74, 6) is 1.07. The fourth-order valence-corrected chi connectivity index (χ4v) is 2.03. The zero-order valence-electron chi connectivity index (χ0n) is 10.0. The molecule has 1 heterocycles. The Morgan fingerprint density at radius 1 is 0.944 bits per heavy atom. The zero-order chi connectivity index (χ0) is 12.5. The molecule has 1 aromatic heterocycles. The van der Waals surface area contributed by atoms with E-state index in [9.17, 15) is 4.79 Å². The molecule has 3 aromatic rings. The van der Waals surface area contributed by atoms with Gasteiger partial charge in [0.2, 0.25) is 5.78 Å². The molecule has 0 aliphatic rings. The van der Waals surface area contributed by atoms with E-state index in [4.69, 9.17) is 4.42 Å². The van der Waals surface area contributed by atoms with Crippen molar-refractivity contribution in [1.82, 2.24) is 0 Å². The zero-order valence-corrected chi connectivity index (χ0v) is 10.0. The Kier molecular flexibility index (Phi) is 2.49. The highest BCUT2D eigenvalue weighted by atomic mass is 16.3. The largest absolute Gasteiger partial charge is 0.458 e. The van der Waals surface area contributed by atoms with Crippen LogP contribution in [0.2, 0.25) is 0 Å². The lowest BCUT2D eigenvalue weighted by molar-refractivity contribution is 0.101. The predicted octanol–water partition coefficient (Wildman–Crippen LogP) is 3.97. The first-order valence-electron chi connectivity index (χ1n) is 5.84. The first kappa shape index (κ1) is 10.8. The number of carbonyl (C=O) groups is 1. The molecule has 0 fully saturated rings. The Labute approximate surface area is 105 Å². The lowest BCUT2D eigenvalue weighted by Crippen LogP contribution is -1.99. The van der Waals surface area contributed by atoms with Gasteiger partial charge < -0.3 is 4.42 Å². The van der Waals surface area contributed by atoms with Crippen LogP contribution in [-0.2, 0) is 0 Å². The number of benzene rings is 2. The Balaban J connectivity index is 2.06. The van der Waals surface area contributed by atoms with Gasteiger partial charge in [-0.1, -0.05) is 36.4 Å². The lowest BCUT2D eigenvalue weighted by atomic mass is 10.0. The summed E-state index contributed by atoms with van der Waals surface area (Å²) in [6.07, 6.45) is 0. The smallest absolute Gasteiger partial charge is 0.228 e. The Hall–Kier alpha value is -2.35. The van der Waals surface area contributed by atoms with E-state index in [1.165, 1.54) is 0 Å². The van der Waals surface area contributed by atoms with Gasteiger partial charge >= 0.3 is 0 Å². The van der Waals surface area contributed by atoms with Crippen molar-refractivity contribution in [3.05, 3.63) is 71.7 Å². The summed E-state index contributed by atoms with van der Waals surface area (Å²) < 4.78 is 5.36. The summed E-state index contributed by atoms with van der Waals surface area (Å²) in [7, 11) is 0. The number of hydrogen-bond donors (Lipinski definition) is 0. The van der Waals surface area contributed by atoms with Crippen LogP contribution in [0.3, 0.4) is 0 Å². The first-order chi connectivity index (χ1) is 8.74. The van der Waals surface area contributed by atoms with E-state index < -0.39 is 0 Å². The molecule has 0 amide bonds. The topological polar surface area (TPSA) is 30.2 Å². The number of aryl methyl sites for hydroxylation is 1. The van der Waals surface area contributed by atoms with Crippen molar-refractivity contribution in [2.45, 2.75) is 6.92 Å². The maximum Gasteiger partial charge on any atom is 0.228 e. The van der Waals surface area contributed by atoms with Crippen LogP contribution in [0.25, 0.3) is 10.8 Å². The van der Waals surface area contributed by atoms with Crippen LogP contribution < -0.4 is 0 Å². The number of carbonyl (C=O) groups excluding carboxylic acids is 1. The number of rotatable bonds is 2. The summed E-state index contributed by atoms with van der Waals surface area (Å²) in [6.45, 7) is 1.83. The molecule has 0 aliphatic heterocycles. The lowest BCUT2D eigenvalue weighted by Gasteiger charge is -2.01. The highest BCUT2D eigenvalue weighted by Crippen LogP contribution is 2.19. The molecule has 0 aliphatic carbocycles. The average Bonchev–Trinajstić information content (AvgIpc) is 2.84. The second kappa shape index (κ2) is 4.15. The molecule has 2 aromatic carbocycles. The normalized spacial score (nSPS) is 10.7. The van der Waals surface area contributed by atoms with Gasteiger partial charge in [-0.05, 0) is 35.9 Å². The van der Waals surface area contributed by atoms with Gasteiger partial charge in [-0.15, -0.1) is 0 Å². The molecule has 18 heavy (non-hydrogen) atoms. The van der Waals surface area contributed by atoms with E-state index >= 15 is 0 Å². The highest BCUT2D eigenvalue weighted by molar-refractivity contribution is 6.09. The van der Waals surface area contributed by atoms with Gasteiger partial charge in [0.25, 0.3) is 0 Å². The van der Waals surface area contributed by atoms with Crippen LogP contribution in [0.15, 0.2) is 59.0 Å². The summed E-state index contributed by atoms with van der Waals surface area (Å²) in [4.78, 5) is 12.2. The molecule has 0 bridgehead atoms. The first-order valence-corrected chi connectivity index (χ1v) is 5.84. The summed E-state index contributed by atoms with van der Waals surface area (Å²) >= 11 is 0. The van der Waals surface area contributed by atoms with E-state index in [1.807, 2.05) is 49.4 Å². The maximum absolute atomic E-state index is 12.2. The average molecular weight is 236 g/mol. The molecule has 2 heteroatoms. The molecule has 0 saturated heterocycles. The van der Waals surface area contributed by atoms with E-state index in [0.29, 0.717) is 11.3 Å². The van der Waals surface area contributed by atoms with Crippen LogP contribution in [0.5, 0.6) is 0 Å². The van der Waals surface area contributed by atoms with Gasteiger partial charge in [-0.3, -0.25) is 4.79 Å². The summed E-state index contributed by atoms with van der Waals surface area (Å²) in [5.41, 5.74) is 0.656. The summed E-state index contributed by atoms with van der Waals surface area (Å²) in [5, 5.41) is 2.19. The minimum Gasteiger partial charge on any atom is -0.458 e. The van der Waals surface area contributed by atoms with Crippen molar-refractivity contribution >= 4 is 16.6 Å². The highest BCUT2D eigenvalue weighted by Gasteiger charge is 2.12. The Morgan fingerprint density at radius 3 is 2.44 bits per heavy atom. The van der Waals surface area contributed by atoms with Crippen molar-refractivity contribution in [2.75, 3.05) is 0 Å². The van der Waals surface area contributed by atoms with Crippen molar-refractivity contribution in [1.29, 1.82) is 0 Å². The van der Waals surface area contributed by atoms with Crippen molar-refractivity contribution in [3.63, 3.8) is 0 Å². The molecule has 2 nitrogen and oxygen atoms in total. The van der Waals surface area contributed by atoms with Gasteiger partial charge in [-0.25, -0.2) is 0 Å². The minimum atomic E-state index is -0.0751. The molecular weight excluding hydrogens is 224 g/mol. The number of hydrogen-bond acceptors (Lipinski definition) is 2. The fourth-order valence-electron chi connectivity index (χ4n) is 2.03. The van der Waals surface area contributed by atoms with Crippen LogP contribution in [0.1, 0.15) is 21.9 Å². The number of fused-ring (bicyclic) bond motifs is 1. The summed E-state index contributed by atoms with van der Waals surface area (Å²) in [6, 6.07) is 17.2. The SMILES string of the molecule is Cc1ccc(C(=O)c2ccc3ccccc3c2)o1. The molecule has 88 valence electrons. The second-order valence-corrected chi connectivity index (χ2v) is 4.30. The van der Waals surface area contributed by atoms with Crippen LogP contribution in [0, 0.1) is 6.92 Å². The molecule has 0 N–H and O–H groups in total. The van der Waals surface area contributed by atoms with E-state index in [2.05, 4.69) is 0 Å².